The first-order chi connectivity index (χ1) is 11.0. The summed E-state index contributed by atoms with van der Waals surface area (Å²) in [5.41, 5.74) is 6.40. The van der Waals surface area contributed by atoms with E-state index in [1.807, 2.05) is 0 Å². The predicted octanol–water partition coefficient (Wildman–Crippen LogP) is 1.83. The van der Waals surface area contributed by atoms with Crippen LogP contribution < -0.4 is 19.9 Å². The SMILES string of the molecule is COc1cc(C=Nc2c(N)nc(S)nc2O)cc(OC)c1OC. The van der Waals surface area contributed by atoms with Crippen molar-refractivity contribution in [2.24, 2.45) is 4.99 Å². The maximum absolute atomic E-state index is 9.77. The van der Waals surface area contributed by atoms with Gasteiger partial charge in [-0.15, -0.1) is 12.6 Å². The first-order valence-corrected chi connectivity index (χ1v) is 6.84. The van der Waals surface area contributed by atoms with Gasteiger partial charge in [0.15, 0.2) is 28.2 Å². The number of thiol groups is 1. The molecular formula is C14H16N4O4S. The average Bonchev–Trinajstić information content (AvgIpc) is 2.52. The van der Waals surface area contributed by atoms with Crippen LogP contribution in [0.15, 0.2) is 22.3 Å². The van der Waals surface area contributed by atoms with E-state index in [4.69, 9.17) is 19.9 Å². The maximum atomic E-state index is 9.77. The van der Waals surface area contributed by atoms with E-state index in [2.05, 4.69) is 27.6 Å². The highest BCUT2D eigenvalue weighted by molar-refractivity contribution is 7.80. The Morgan fingerprint density at radius 3 is 2.22 bits per heavy atom. The molecule has 0 bridgehead atoms. The van der Waals surface area contributed by atoms with Gasteiger partial charge in [-0.3, -0.25) is 0 Å². The molecule has 0 amide bonds. The Hall–Kier alpha value is -2.68. The average molecular weight is 336 g/mol. The van der Waals surface area contributed by atoms with Gasteiger partial charge in [0.2, 0.25) is 11.6 Å². The minimum absolute atomic E-state index is 0.0196. The van der Waals surface area contributed by atoms with E-state index in [0.717, 1.165) is 0 Å². The molecule has 8 nitrogen and oxygen atoms in total. The Balaban J connectivity index is 2.44. The summed E-state index contributed by atoms with van der Waals surface area (Å²) in [5.74, 6) is 1.09. The van der Waals surface area contributed by atoms with E-state index >= 15 is 0 Å². The predicted molar refractivity (Wildman–Crippen MR) is 88.7 cm³/mol. The van der Waals surface area contributed by atoms with Crippen LogP contribution in [0, 0.1) is 0 Å². The molecule has 0 aliphatic carbocycles. The van der Waals surface area contributed by atoms with Gasteiger partial charge in [-0.2, -0.15) is 4.98 Å². The molecule has 23 heavy (non-hydrogen) atoms. The zero-order chi connectivity index (χ0) is 17.0. The molecule has 2 aromatic rings. The summed E-state index contributed by atoms with van der Waals surface area (Å²) in [6, 6.07) is 3.40. The molecule has 122 valence electrons. The molecule has 1 heterocycles. The number of benzene rings is 1. The summed E-state index contributed by atoms with van der Waals surface area (Å²) < 4.78 is 15.8. The number of anilines is 1. The Morgan fingerprint density at radius 1 is 1.13 bits per heavy atom. The van der Waals surface area contributed by atoms with E-state index < -0.39 is 0 Å². The molecule has 0 atom stereocenters. The molecule has 0 saturated carbocycles. The van der Waals surface area contributed by atoms with Crippen LogP contribution in [0.2, 0.25) is 0 Å². The smallest absolute Gasteiger partial charge is 0.243 e. The molecule has 0 radical (unpaired) electrons. The van der Waals surface area contributed by atoms with Crippen LogP contribution in [0.5, 0.6) is 23.1 Å². The van der Waals surface area contributed by atoms with E-state index in [-0.39, 0.29) is 22.5 Å². The third-order valence-electron chi connectivity index (χ3n) is 2.91. The van der Waals surface area contributed by atoms with Crippen LogP contribution in [0.4, 0.5) is 11.5 Å². The van der Waals surface area contributed by atoms with Gasteiger partial charge >= 0.3 is 0 Å². The molecule has 0 spiro atoms. The number of hydrogen-bond acceptors (Lipinski definition) is 9. The number of aromatic nitrogens is 2. The van der Waals surface area contributed by atoms with Crippen molar-refractivity contribution in [2.45, 2.75) is 5.16 Å². The van der Waals surface area contributed by atoms with E-state index in [0.29, 0.717) is 22.8 Å². The highest BCUT2D eigenvalue weighted by atomic mass is 32.1. The van der Waals surface area contributed by atoms with Crippen LogP contribution in [0.25, 0.3) is 0 Å². The number of rotatable bonds is 5. The van der Waals surface area contributed by atoms with Crippen molar-refractivity contribution in [1.29, 1.82) is 0 Å². The molecule has 1 aromatic heterocycles. The molecule has 0 fully saturated rings. The monoisotopic (exact) mass is 336 g/mol. The standard InChI is InChI=1S/C14H16N4O4S/c1-20-8-4-7(5-9(21-2)11(8)22-3)6-16-10-12(15)17-14(23)18-13(10)19/h4-6H,1-3H3,(H4,15,17,18,19,23). The van der Waals surface area contributed by atoms with E-state index in [9.17, 15) is 5.11 Å². The first-order valence-electron chi connectivity index (χ1n) is 6.39. The third kappa shape index (κ3) is 3.57. The molecule has 3 N–H and O–H groups in total. The fraction of sp³-hybridized carbons (Fsp3) is 0.214. The van der Waals surface area contributed by atoms with Crippen molar-refractivity contribution >= 4 is 30.3 Å². The van der Waals surface area contributed by atoms with Crippen LogP contribution in [0.1, 0.15) is 5.56 Å². The van der Waals surface area contributed by atoms with Gasteiger partial charge in [-0.25, -0.2) is 9.98 Å². The van der Waals surface area contributed by atoms with Crippen molar-refractivity contribution in [3.63, 3.8) is 0 Å². The number of aliphatic imine (C=N–C) groups is 1. The summed E-state index contributed by atoms with van der Waals surface area (Å²) in [5, 5.41) is 9.83. The lowest BCUT2D eigenvalue weighted by Crippen LogP contribution is -1.97. The molecule has 0 aliphatic rings. The lowest BCUT2D eigenvalue weighted by atomic mass is 10.2. The highest BCUT2D eigenvalue weighted by Crippen LogP contribution is 2.38. The molecular weight excluding hydrogens is 320 g/mol. The number of methoxy groups -OCH3 is 3. The second-order valence-electron chi connectivity index (χ2n) is 4.30. The second-order valence-corrected chi connectivity index (χ2v) is 4.70. The second kappa shape index (κ2) is 7.05. The quantitative estimate of drug-likeness (QED) is 0.434. The molecule has 1 aromatic carbocycles. The first kappa shape index (κ1) is 16.7. The van der Waals surface area contributed by atoms with Crippen LogP contribution >= 0.6 is 12.6 Å². The number of aromatic hydroxyl groups is 1. The minimum atomic E-state index is -0.355. The largest absolute Gasteiger partial charge is 0.493 e. The summed E-state index contributed by atoms with van der Waals surface area (Å²) in [4.78, 5) is 11.6. The van der Waals surface area contributed by atoms with Gasteiger partial charge < -0.3 is 25.1 Å². The lowest BCUT2D eigenvalue weighted by molar-refractivity contribution is 0.324. The van der Waals surface area contributed by atoms with Crippen LogP contribution in [-0.2, 0) is 0 Å². The Labute approximate surface area is 138 Å². The van der Waals surface area contributed by atoms with Crippen molar-refractivity contribution in [3.05, 3.63) is 17.7 Å². The Kier molecular flexibility index (Phi) is 5.12. The molecule has 9 heteroatoms. The number of hydrogen-bond donors (Lipinski definition) is 3. The Morgan fingerprint density at radius 2 is 1.74 bits per heavy atom. The van der Waals surface area contributed by atoms with Crippen molar-refractivity contribution in [2.75, 3.05) is 27.1 Å². The van der Waals surface area contributed by atoms with Gasteiger partial charge in [-0.1, -0.05) is 0 Å². The van der Waals surface area contributed by atoms with Crippen molar-refractivity contribution < 1.29 is 19.3 Å². The summed E-state index contributed by atoms with van der Waals surface area (Å²) >= 11 is 3.92. The lowest BCUT2D eigenvalue weighted by Gasteiger charge is -2.12. The molecule has 0 aliphatic heterocycles. The van der Waals surface area contributed by atoms with E-state index in [1.54, 1.807) is 12.1 Å². The number of nitrogen functional groups attached to an aromatic ring is 1. The summed E-state index contributed by atoms with van der Waals surface area (Å²) in [7, 11) is 4.55. The fourth-order valence-electron chi connectivity index (χ4n) is 1.89. The number of nitrogens with two attached hydrogens (primary N) is 1. The summed E-state index contributed by atoms with van der Waals surface area (Å²) in [6.07, 6.45) is 1.47. The normalized spacial score (nSPS) is 10.8. The van der Waals surface area contributed by atoms with Gasteiger partial charge in [-0.05, 0) is 12.1 Å². The fourth-order valence-corrected chi connectivity index (χ4v) is 2.09. The minimum Gasteiger partial charge on any atom is -0.493 e. The maximum Gasteiger partial charge on any atom is 0.243 e. The van der Waals surface area contributed by atoms with Crippen molar-refractivity contribution in [1.82, 2.24) is 9.97 Å². The molecule has 0 unspecified atom stereocenters. The van der Waals surface area contributed by atoms with Gasteiger partial charge in [0.1, 0.15) is 0 Å². The number of nitrogens with zero attached hydrogens (tertiary/aromatic N) is 3. The molecule has 2 rings (SSSR count). The molecule has 0 saturated heterocycles. The zero-order valence-electron chi connectivity index (χ0n) is 12.8. The van der Waals surface area contributed by atoms with Crippen LogP contribution in [0.3, 0.4) is 0 Å². The van der Waals surface area contributed by atoms with Gasteiger partial charge in [0, 0.05) is 11.8 Å². The van der Waals surface area contributed by atoms with Crippen LogP contribution in [-0.4, -0.2) is 42.6 Å². The summed E-state index contributed by atoms with van der Waals surface area (Å²) in [6.45, 7) is 0. The zero-order valence-corrected chi connectivity index (χ0v) is 13.7. The Bertz CT molecular complexity index is 704. The highest BCUT2D eigenvalue weighted by Gasteiger charge is 2.13. The number of ether oxygens (including phenoxy) is 3. The topological polar surface area (TPSA) is 112 Å². The van der Waals surface area contributed by atoms with Crippen molar-refractivity contribution in [3.8, 4) is 23.1 Å². The van der Waals surface area contributed by atoms with Gasteiger partial charge in [0.25, 0.3) is 0 Å². The van der Waals surface area contributed by atoms with Gasteiger partial charge in [0.05, 0.1) is 21.3 Å². The van der Waals surface area contributed by atoms with E-state index in [1.165, 1.54) is 27.5 Å². The third-order valence-corrected chi connectivity index (χ3v) is 3.11.